The van der Waals surface area contributed by atoms with E-state index in [1.54, 1.807) is 0 Å². The predicted molar refractivity (Wildman–Crippen MR) is 154 cm³/mol. The molecule has 8 nitrogen and oxygen atoms in total. The first-order valence-electron chi connectivity index (χ1n) is 14.7. The van der Waals surface area contributed by atoms with Crippen LogP contribution < -0.4 is 21.3 Å². The minimum atomic E-state index is -0.672. The molecule has 39 heavy (non-hydrogen) atoms. The summed E-state index contributed by atoms with van der Waals surface area (Å²) in [6.07, 6.45) is 7.75. The molecule has 2 heterocycles. The Morgan fingerprint density at radius 3 is 2.31 bits per heavy atom. The van der Waals surface area contributed by atoms with Gasteiger partial charge in [-0.2, -0.15) is 0 Å². The Morgan fingerprint density at radius 2 is 1.72 bits per heavy atom. The van der Waals surface area contributed by atoms with Crippen LogP contribution in [0.2, 0.25) is 5.02 Å². The van der Waals surface area contributed by atoms with Crippen LogP contribution in [-0.2, 0) is 20.8 Å². The summed E-state index contributed by atoms with van der Waals surface area (Å²) in [5.41, 5.74) is 0.192. The molecule has 0 aromatic heterocycles. The van der Waals surface area contributed by atoms with Gasteiger partial charge in [0.2, 0.25) is 17.7 Å². The maximum Gasteiger partial charge on any atom is 0.245 e. The lowest BCUT2D eigenvalue weighted by molar-refractivity contribution is -0.140. The van der Waals surface area contributed by atoms with Crippen LogP contribution in [0.25, 0.3) is 0 Å². The van der Waals surface area contributed by atoms with Crippen molar-refractivity contribution in [3.05, 3.63) is 34.9 Å². The number of halogens is 1. The number of nitrogens with zero attached hydrogens (tertiary/aromatic N) is 1. The van der Waals surface area contributed by atoms with Crippen molar-refractivity contribution in [2.75, 3.05) is 32.7 Å². The minimum absolute atomic E-state index is 0.0681. The number of amides is 3. The summed E-state index contributed by atoms with van der Waals surface area (Å²) >= 11 is 6.08. The van der Waals surface area contributed by atoms with Gasteiger partial charge in [0.1, 0.15) is 6.04 Å². The zero-order valence-electron chi connectivity index (χ0n) is 23.8. The molecule has 2 saturated heterocycles. The average Bonchev–Trinajstić information content (AvgIpc) is 2.94. The highest BCUT2D eigenvalue weighted by Gasteiger charge is 2.45. The summed E-state index contributed by atoms with van der Waals surface area (Å²) in [4.78, 5) is 42.1. The standard InChI is InChI=1S/C30H46ClN5O3/c1-29(2,3)28(39)35-30(22-7-5-4-6-8-22)13-17-36(18-14-30)27(38)24(19-21-9-11-23(31)12-10-21)34-26(37)25-20-32-15-16-33-25/h9-12,22,24-25,32-33H,4-8,13-20H2,1-3H3,(H,34,37)(H,35,39)/t24-,25-/m1/s1. The Morgan fingerprint density at radius 1 is 1.05 bits per heavy atom. The largest absolute Gasteiger partial charge is 0.350 e. The zero-order valence-corrected chi connectivity index (χ0v) is 24.5. The van der Waals surface area contributed by atoms with Crippen LogP contribution in [0.5, 0.6) is 0 Å². The first-order chi connectivity index (χ1) is 18.6. The number of carbonyl (C=O) groups excluding carboxylic acids is 3. The molecule has 1 aromatic carbocycles. The minimum Gasteiger partial charge on any atom is -0.350 e. The monoisotopic (exact) mass is 559 g/mol. The van der Waals surface area contributed by atoms with Crippen LogP contribution in [0.4, 0.5) is 0 Å². The van der Waals surface area contributed by atoms with Crippen molar-refractivity contribution in [1.29, 1.82) is 0 Å². The molecule has 3 aliphatic rings. The lowest BCUT2D eigenvalue weighted by atomic mass is 9.69. The van der Waals surface area contributed by atoms with Crippen molar-refractivity contribution in [3.63, 3.8) is 0 Å². The van der Waals surface area contributed by atoms with E-state index < -0.39 is 11.5 Å². The Bertz CT molecular complexity index is 989. The van der Waals surface area contributed by atoms with E-state index in [1.807, 2.05) is 49.9 Å². The molecule has 2 atom stereocenters. The number of nitrogens with one attached hydrogen (secondary N) is 4. The van der Waals surface area contributed by atoms with E-state index in [0.717, 1.165) is 37.8 Å². The van der Waals surface area contributed by atoms with Crippen molar-refractivity contribution in [3.8, 4) is 0 Å². The summed E-state index contributed by atoms with van der Waals surface area (Å²) in [5.74, 6) is 0.278. The van der Waals surface area contributed by atoms with Crippen LogP contribution >= 0.6 is 11.6 Å². The number of carbonyl (C=O) groups is 3. The quantitative estimate of drug-likeness (QED) is 0.411. The fourth-order valence-corrected chi connectivity index (χ4v) is 6.34. The van der Waals surface area contributed by atoms with E-state index in [-0.39, 0.29) is 29.3 Å². The molecule has 3 amide bonds. The summed E-state index contributed by atoms with van der Waals surface area (Å²) in [7, 11) is 0. The fraction of sp³-hybridized carbons (Fsp3) is 0.700. The van der Waals surface area contributed by atoms with Gasteiger partial charge in [0, 0.05) is 55.1 Å². The molecule has 0 unspecified atom stereocenters. The number of hydrogen-bond acceptors (Lipinski definition) is 5. The van der Waals surface area contributed by atoms with Crippen LogP contribution in [0.3, 0.4) is 0 Å². The topological polar surface area (TPSA) is 103 Å². The third-order valence-electron chi connectivity index (χ3n) is 8.72. The molecule has 0 bridgehead atoms. The van der Waals surface area contributed by atoms with Gasteiger partial charge in [-0.15, -0.1) is 0 Å². The molecule has 1 aromatic rings. The molecule has 3 fully saturated rings. The highest BCUT2D eigenvalue weighted by Crippen LogP contribution is 2.40. The number of piperazine rings is 1. The molecule has 9 heteroatoms. The predicted octanol–water partition coefficient (Wildman–Crippen LogP) is 3.03. The van der Waals surface area contributed by atoms with Crippen LogP contribution in [0, 0.1) is 11.3 Å². The molecule has 4 N–H and O–H groups in total. The summed E-state index contributed by atoms with van der Waals surface area (Å²) in [5, 5.41) is 13.6. The molecule has 1 aliphatic carbocycles. The lowest BCUT2D eigenvalue weighted by Gasteiger charge is -2.49. The average molecular weight is 560 g/mol. The highest BCUT2D eigenvalue weighted by molar-refractivity contribution is 6.30. The Hall–Kier alpha value is -2.16. The van der Waals surface area contributed by atoms with Crippen molar-refractivity contribution in [1.82, 2.24) is 26.2 Å². The molecule has 216 valence electrons. The van der Waals surface area contributed by atoms with Gasteiger partial charge in [-0.3, -0.25) is 14.4 Å². The van der Waals surface area contributed by atoms with E-state index in [1.165, 1.54) is 19.3 Å². The lowest BCUT2D eigenvalue weighted by Crippen LogP contribution is -2.64. The summed E-state index contributed by atoms with van der Waals surface area (Å²) < 4.78 is 0. The second-order valence-electron chi connectivity index (χ2n) is 12.6. The van der Waals surface area contributed by atoms with Gasteiger partial charge in [-0.25, -0.2) is 0 Å². The Balaban J connectivity index is 1.48. The Kier molecular flexibility index (Phi) is 9.94. The van der Waals surface area contributed by atoms with Crippen LogP contribution in [0.1, 0.15) is 71.3 Å². The zero-order chi connectivity index (χ0) is 28.0. The van der Waals surface area contributed by atoms with Crippen molar-refractivity contribution in [2.24, 2.45) is 11.3 Å². The molecule has 4 rings (SSSR count). The van der Waals surface area contributed by atoms with E-state index in [9.17, 15) is 14.4 Å². The van der Waals surface area contributed by atoms with Gasteiger partial charge in [-0.05, 0) is 49.3 Å². The smallest absolute Gasteiger partial charge is 0.245 e. The molecule has 0 spiro atoms. The highest BCUT2D eigenvalue weighted by atomic mass is 35.5. The molecular weight excluding hydrogens is 514 g/mol. The molecule has 2 aliphatic heterocycles. The van der Waals surface area contributed by atoms with Gasteiger partial charge in [0.05, 0.1) is 6.04 Å². The molecule has 0 radical (unpaired) electrons. The van der Waals surface area contributed by atoms with Gasteiger partial charge < -0.3 is 26.2 Å². The number of benzene rings is 1. The van der Waals surface area contributed by atoms with E-state index in [2.05, 4.69) is 21.3 Å². The first kappa shape index (κ1) is 29.8. The second-order valence-corrected chi connectivity index (χ2v) is 13.1. The van der Waals surface area contributed by atoms with E-state index in [4.69, 9.17) is 11.6 Å². The summed E-state index contributed by atoms with van der Waals surface area (Å²) in [6.45, 7) is 9.06. The maximum atomic E-state index is 13.9. The van der Waals surface area contributed by atoms with E-state index in [0.29, 0.717) is 43.5 Å². The van der Waals surface area contributed by atoms with Crippen molar-refractivity contribution < 1.29 is 14.4 Å². The maximum absolute atomic E-state index is 13.9. The third-order valence-corrected chi connectivity index (χ3v) is 8.97. The number of hydrogen-bond donors (Lipinski definition) is 4. The second kappa shape index (κ2) is 13.0. The Labute approximate surface area is 238 Å². The van der Waals surface area contributed by atoms with Gasteiger partial charge in [0.25, 0.3) is 0 Å². The van der Waals surface area contributed by atoms with Gasteiger partial charge in [-0.1, -0.05) is 63.8 Å². The third kappa shape index (κ3) is 7.74. The molecule has 1 saturated carbocycles. The van der Waals surface area contributed by atoms with Crippen LogP contribution in [0.15, 0.2) is 24.3 Å². The first-order valence-corrected chi connectivity index (χ1v) is 15.1. The number of piperidine rings is 1. The van der Waals surface area contributed by atoms with E-state index >= 15 is 0 Å². The summed E-state index contributed by atoms with van der Waals surface area (Å²) in [6, 6.07) is 6.39. The van der Waals surface area contributed by atoms with Gasteiger partial charge >= 0.3 is 0 Å². The van der Waals surface area contributed by atoms with Crippen molar-refractivity contribution in [2.45, 2.75) is 89.8 Å². The fourth-order valence-electron chi connectivity index (χ4n) is 6.22. The SMILES string of the molecule is CC(C)(C)C(=O)NC1(C2CCCCC2)CCN(C(=O)[C@@H](Cc2ccc(Cl)cc2)NC(=O)[C@H]2CNCCN2)CC1. The van der Waals surface area contributed by atoms with Gasteiger partial charge in [0.15, 0.2) is 0 Å². The van der Waals surface area contributed by atoms with Crippen LogP contribution in [-0.4, -0.2) is 73.0 Å². The molecular formula is C30H46ClN5O3. The van der Waals surface area contributed by atoms with Crippen molar-refractivity contribution >= 4 is 29.3 Å². The number of rotatable bonds is 7. The number of likely N-dealkylation sites (tertiary alicyclic amines) is 1. The normalized spacial score (nSPS) is 23.1.